The van der Waals surface area contributed by atoms with E-state index in [-0.39, 0.29) is 17.1 Å². The highest BCUT2D eigenvalue weighted by Crippen LogP contribution is 2.36. The minimum Gasteiger partial charge on any atom is -0.311 e. The van der Waals surface area contributed by atoms with Crippen LogP contribution in [0.1, 0.15) is 36.8 Å². The molecule has 0 spiro atoms. The molecule has 0 saturated heterocycles. The smallest absolute Gasteiger partial charge is 0.240 e. The van der Waals surface area contributed by atoms with Crippen LogP contribution in [0.5, 0.6) is 0 Å². The lowest BCUT2D eigenvalue weighted by Crippen LogP contribution is -2.42. The predicted molar refractivity (Wildman–Crippen MR) is 103 cm³/mol. The zero-order valence-corrected chi connectivity index (χ0v) is 14.8. The van der Waals surface area contributed by atoms with E-state index >= 15 is 0 Å². The van der Waals surface area contributed by atoms with Crippen LogP contribution in [0.25, 0.3) is 5.70 Å². The zero-order valence-electron chi connectivity index (χ0n) is 13.9. The Bertz CT molecular complexity index is 711. The summed E-state index contributed by atoms with van der Waals surface area (Å²) in [6.07, 6.45) is 4.26. The van der Waals surface area contributed by atoms with E-state index < -0.39 is 0 Å². The maximum absolute atomic E-state index is 13.0. The number of unbranched alkanes of at least 4 members (excludes halogenated alkanes) is 1. The number of benzene rings is 2. The minimum atomic E-state index is -0.336. The Morgan fingerprint density at radius 2 is 1.62 bits per heavy atom. The molecule has 0 bridgehead atoms. The van der Waals surface area contributed by atoms with Gasteiger partial charge in [-0.25, -0.2) is 0 Å². The first-order valence-electron chi connectivity index (χ1n) is 8.54. The number of allylic oxidation sites excluding steroid dienone is 1. The lowest BCUT2D eigenvalue weighted by atomic mass is 9.88. The van der Waals surface area contributed by atoms with Crippen LogP contribution in [0.4, 0.5) is 0 Å². The van der Waals surface area contributed by atoms with Crippen molar-refractivity contribution >= 4 is 24.2 Å². The van der Waals surface area contributed by atoms with Gasteiger partial charge in [-0.2, -0.15) is 12.6 Å². The Balaban J connectivity index is 2.05. The number of hydrogen-bond acceptors (Lipinski definition) is 2. The molecule has 2 nitrogen and oxygen atoms in total. The molecule has 124 valence electrons. The third kappa shape index (κ3) is 3.41. The molecule has 1 amide bonds. The van der Waals surface area contributed by atoms with Gasteiger partial charge in [0.2, 0.25) is 5.91 Å². The number of amides is 1. The standard InChI is InChI=1S/C21H23NOS/c1-2-3-14-22-19(17-12-8-5-9-13-17)15-18(20(24)21(22)23)16-10-6-4-7-11-16/h4-13,15,18,20,24H,2-3,14H2,1H3/t18-,20-/m1/s1. The molecule has 0 saturated carbocycles. The van der Waals surface area contributed by atoms with Crippen LogP contribution in [-0.4, -0.2) is 22.6 Å². The molecule has 3 heteroatoms. The molecule has 0 radical (unpaired) electrons. The molecule has 1 heterocycles. The molecule has 24 heavy (non-hydrogen) atoms. The number of nitrogens with zero attached hydrogens (tertiary/aromatic N) is 1. The number of hydrogen-bond donors (Lipinski definition) is 1. The lowest BCUT2D eigenvalue weighted by Gasteiger charge is -2.36. The third-order valence-corrected chi connectivity index (χ3v) is 5.02. The van der Waals surface area contributed by atoms with Gasteiger partial charge in [0, 0.05) is 18.2 Å². The summed E-state index contributed by atoms with van der Waals surface area (Å²) in [5.74, 6) is 0.0945. The fraction of sp³-hybridized carbons (Fsp3) is 0.286. The van der Waals surface area contributed by atoms with Crippen LogP contribution in [0.3, 0.4) is 0 Å². The number of rotatable bonds is 5. The van der Waals surface area contributed by atoms with Crippen LogP contribution < -0.4 is 0 Å². The van der Waals surface area contributed by atoms with Crippen LogP contribution in [0.2, 0.25) is 0 Å². The van der Waals surface area contributed by atoms with Gasteiger partial charge in [-0.3, -0.25) is 4.79 Å². The second kappa shape index (κ2) is 7.71. The zero-order chi connectivity index (χ0) is 16.9. The summed E-state index contributed by atoms with van der Waals surface area (Å²) < 4.78 is 0. The Morgan fingerprint density at radius 3 is 2.25 bits per heavy atom. The van der Waals surface area contributed by atoms with Crippen molar-refractivity contribution in [2.75, 3.05) is 6.54 Å². The summed E-state index contributed by atoms with van der Waals surface area (Å²) in [6, 6.07) is 20.3. The molecular weight excluding hydrogens is 314 g/mol. The van der Waals surface area contributed by atoms with Crippen molar-refractivity contribution in [3.63, 3.8) is 0 Å². The number of thiol groups is 1. The van der Waals surface area contributed by atoms with Crippen LogP contribution >= 0.6 is 12.6 Å². The van der Waals surface area contributed by atoms with Gasteiger partial charge in [0.1, 0.15) is 0 Å². The summed E-state index contributed by atoms with van der Waals surface area (Å²) >= 11 is 4.66. The molecule has 0 aromatic heterocycles. The number of carbonyl (C=O) groups is 1. The number of carbonyl (C=O) groups excluding carboxylic acids is 1. The van der Waals surface area contributed by atoms with Crippen LogP contribution in [0, 0.1) is 0 Å². The molecule has 1 aliphatic heterocycles. The van der Waals surface area contributed by atoms with Gasteiger partial charge in [0.05, 0.1) is 5.25 Å². The predicted octanol–water partition coefficient (Wildman–Crippen LogP) is 4.75. The second-order valence-electron chi connectivity index (χ2n) is 6.14. The van der Waals surface area contributed by atoms with Crippen LogP contribution in [0.15, 0.2) is 66.7 Å². The Hall–Kier alpha value is -2.00. The Morgan fingerprint density at radius 1 is 1.00 bits per heavy atom. The van der Waals surface area contributed by atoms with Gasteiger partial charge < -0.3 is 4.90 Å². The average molecular weight is 337 g/mol. The molecule has 2 aromatic carbocycles. The fourth-order valence-electron chi connectivity index (χ4n) is 3.14. The largest absolute Gasteiger partial charge is 0.311 e. The quantitative estimate of drug-likeness (QED) is 0.781. The van der Waals surface area contributed by atoms with E-state index in [0.717, 1.165) is 36.2 Å². The molecule has 1 aliphatic rings. The van der Waals surface area contributed by atoms with Crippen molar-refractivity contribution in [3.8, 4) is 0 Å². The molecule has 2 atom stereocenters. The monoisotopic (exact) mass is 337 g/mol. The van der Waals surface area contributed by atoms with Crippen LogP contribution in [-0.2, 0) is 4.79 Å². The summed E-state index contributed by atoms with van der Waals surface area (Å²) in [6.45, 7) is 2.89. The van der Waals surface area contributed by atoms with Crippen molar-refractivity contribution < 1.29 is 4.79 Å². The summed E-state index contributed by atoms with van der Waals surface area (Å²) in [7, 11) is 0. The first-order valence-corrected chi connectivity index (χ1v) is 9.05. The van der Waals surface area contributed by atoms with Gasteiger partial charge in [-0.05, 0) is 17.5 Å². The molecule has 0 fully saturated rings. The van der Waals surface area contributed by atoms with E-state index in [1.165, 1.54) is 0 Å². The molecule has 2 aromatic rings. The van der Waals surface area contributed by atoms with Gasteiger partial charge in [-0.1, -0.05) is 80.1 Å². The van der Waals surface area contributed by atoms with E-state index in [9.17, 15) is 4.79 Å². The van der Waals surface area contributed by atoms with Gasteiger partial charge in [-0.15, -0.1) is 0 Å². The van der Waals surface area contributed by atoms with E-state index in [2.05, 4.69) is 49.9 Å². The lowest BCUT2D eigenvalue weighted by molar-refractivity contribution is -0.128. The summed E-state index contributed by atoms with van der Waals surface area (Å²) in [4.78, 5) is 14.9. The summed E-state index contributed by atoms with van der Waals surface area (Å²) in [5, 5.41) is -0.336. The molecule has 3 rings (SSSR count). The normalized spacial score (nSPS) is 20.8. The Labute approximate surface area is 149 Å². The highest BCUT2D eigenvalue weighted by Gasteiger charge is 2.35. The van der Waals surface area contributed by atoms with E-state index in [1.807, 2.05) is 41.3 Å². The van der Waals surface area contributed by atoms with Crippen molar-refractivity contribution in [2.45, 2.75) is 30.9 Å². The maximum Gasteiger partial charge on any atom is 0.240 e. The average Bonchev–Trinajstić information content (AvgIpc) is 2.64. The first kappa shape index (κ1) is 16.8. The van der Waals surface area contributed by atoms with Crippen molar-refractivity contribution in [1.29, 1.82) is 0 Å². The maximum atomic E-state index is 13.0. The highest BCUT2D eigenvalue weighted by molar-refractivity contribution is 7.81. The van der Waals surface area contributed by atoms with Crippen molar-refractivity contribution in [2.24, 2.45) is 0 Å². The SMILES string of the molecule is CCCCN1C(=O)[C@H](S)[C@@H](c2ccccc2)C=C1c1ccccc1. The van der Waals surface area contributed by atoms with Gasteiger partial charge in [0.25, 0.3) is 0 Å². The van der Waals surface area contributed by atoms with E-state index in [0.29, 0.717) is 0 Å². The summed E-state index contributed by atoms with van der Waals surface area (Å²) in [5.41, 5.74) is 3.23. The molecule has 0 aliphatic carbocycles. The van der Waals surface area contributed by atoms with Crippen molar-refractivity contribution in [1.82, 2.24) is 4.90 Å². The first-order chi connectivity index (χ1) is 11.7. The molecule has 0 unspecified atom stereocenters. The van der Waals surface area contributed by atoms with Crippen molar-refractivity contribution in [3.05, 3.63) is 77.9 Å². The highest BCUT2D eigenvalue weighted by atomic mass is 32.1. The molecular formula is C21H23NOS. The van der Waals surface area contributed by atoms with Gasteiger partial charge >= 0.3 is 0 Å². The topological polar surface area (TPSA) is 20.3 Å². The molecule has 0 N–H and O–H groups in total. The van der Waals surface area contributed by atoms with E-state index in [1.54, 1.807) is 0 Å². The Kier molecular flexibility index (Phi) is 5.41. The second-order valence-corrected chi connectivity index (χ2v) is 6.70. The third-order valence-electron chi connectivity index (χ3n) is 4.48. The van der Waals surface area contributed by atoms with E-state index in [4.69, 9.17) is 0 Å². The fourth-order valence-corrected chi connectivity index (χ4v) is 3.54. The minimum absolute atomic E-state index is 0.00452. The van der Waals surface area contributed by atoms with Gasteiger partial charge in [0.15, 0.2) is 0 Å².